The normalized spacial score (nSPS) is 29.5. The van der Waals surface area contributed by atoms with Crippen LogP contribution in [0, 0.1) is 24.7 Å². The third kappa shape index (κ3) is 5.24. The number of nitrogens with zero attached hydrogens (tertiary/aromatic N) is 1. The molecule has 1 aromatic heterocycles. The molecule has 0 atom stereocenters. The molecule has 2 aliphatic carbocycles. The molecule has 0 saturated heterocycles. The lowest BCUT2D eigenvalue weighted by Crippen LogP contribution is -2.29. The van der Waals surface area contributed by atoms with E-state index in [0.29, 0.717) is 6.10 Å². The Labute approximate surface area is 161 Å². The van der Waals surface area contributed by atoms with E-state index < -0.39 is 0 Å². The fraction of sp³-hybridized carbons (Fsp3) is 0.792. The highest BCUT2D eigenvalue weighted by atomic mass is 16.5. The van der Waals surface area contributed by atoms with Gasteiger partial charge in [-0.25, -0.2) is 0 Å². The zero-order valence-electron chi connectivity index (χ0n) is 17.3. The van der Waals surface area contributed by atoms with Crippen LogP contribution in [0.25, 0.3) is 0 Å². The molecule has 2 aliphatic rings. The quantitative estimate of drug-likeness (QED) is 0.530. The summed E-state index contributed by atoms with van der Waals surface area (Å²) in [6.07, 6.45) is 18.4. The summed E-state index contributed by atoms with van der Waals surface area (Å²) < 4.78 is 6.30. The van der Waals surface area contributed by atoms with Crippen LogP contribution >= 0.6 is 0 Å². The second-order valence-corrected chi connectivity index (χ2v) is 8.88. The number of aryl methyl sites for hydroxylation is 2. The average molecular weight is 358 g/mol. The van der Waals surface area contributed by atoms with Gasteiger partial charge in [-0.05, 0) is 87.7 Å². The van der Waals surface area contributed by atoms with Crippen molar-refractivity contribution in [2.75, 3.05) is 0 Å². The van der Waals surface area contributed by atoms with Crippen LogP contribution in [0.3, 0.4) is 0 Å². The van der Waals surface area contributed by atoms with Gasteiger partial charge in [-0.2, -0.15) is 0 Å². The SMILES string of the molecule is CCCCc1ncc(O[C@H]2CC[C@H]([C@H]3CC[C@H](CC)CC3)CC2)cc1C. The Bertz CT molecular complexity index is 539. The monoisotopic (exact) mass is 357 g/mol. The second-order valence-electron chi connectivity index (χ2n) is 8.88. The van der Waals surface area contributed by atoms with Crippen molar-refractivity contribution in [2.45, 2.75) is 104 Å². The molecule has 0 aromatic carbocycles. The van der Waals surface area contributed by atoms with Gasteiger partial charge in [-0.3, -0.25) is 4.98 Å². The molecule has 0 amide bonds. The molecule has 0 N–H and O–H groups in total. The number of pyridine rings is 1. The van der Waals surface area contributed by atoms with Gasteiger partial charge in [0.25, 0.3) is 0 Å². The Morgan fingerprint density at radius 1 is 0.962 bits per heavy atom. The molecule has 0 unspecified atom stereocenters. The molecule has 1 heterocycles. The summed E-state index contributed by atoms with van der Waals surface area (Å²) in [6, 6.07) is 2.20. The molecule has 0 bridgehead atoms. The van der Waals surface area contributed by atoms with E-state index in [0.717, 1.165) is 29.9 Å². The molecule has 2 heteroatoms. The smallest absolute Gasteiger partial charge is 0.138 e. The molecule has 2 nitrogen and oxygen atoms in total. The van der Waals surface area contributed by atoms with Gasteiger partial charge in [0.2, 0.25) is 0 Å². The van der Waals surface area contributed by atoms with E-state index >= 15 is 0 Å². The van der Waals surface area contributed by atoms with Crippen LogP contribution in [0.5, 0.6) is 5.75 Å². The van der Waals surface area contributed by atoms with Crippen molar-refractivity contribution in [3.05, 3.63) is 23.5 Å². The number of ether oxygens (including phenoxy) is 1. The van der Waals surface area contributed by atoms with E-state index in [-0.39, 0.29) is 0 Å². The molecule has 1 aromatic rings. The predicted molar refractivity (Wildman–Crippen MR) is 110 cm³/mol. The van der Waals surface area contributed by atoms with Crippen LogP contribution in [0.1, 0.15) is 95.7 Å². The number of rotatable bonds is 7. The van der Waals surface area contributed by atoms with Gasteiger partial charge < -0.3 is 4.74 Å². The molecule has 0 radical (unpaired) electrons. The summed E-state index contributed by atoms with van der Waals surface area (Å²) in [6.45, 7) is 6.77. The van der Waals surface area contributed by atoms with E-state index in [1.54, 1.807) is 0 Å². The molecule has 0 aliphatic heterocycles. The van der Waals surface area contributed by atoms with Crippen LogP contribution in [-0.2, 0) is 6.42 Å². The summed E-state index contributed by atoms with van der Waals surface area (Å²) in [7, 11) is 0. The molecular formula is C24H39NO. The minimum atomic E-state index is 0.404. The van der Waals surface area contributed by atoms with E-state index in [2.05, 4.69) is 31.8 Å². The summed E-state index contributed by atoms with van der Waals surface area (Å²) in [5, 5.41) is 0. The summed E-state index contributed by atoms with van der Waals surface area (Å²) in [4.78, 5) is 4.66. The Hall–Kier alpha value is -1.05. The van der Waals surface area contributed by atoms with Crippen LogP contribution in [0.4, 0.5) is 0 Å². The van der Waals surface area contributed by atoms with Crippen molar-refractivity contribution in [3.63, 3.8) is 0 Å². The zero-order chi connectivity index (χ0) is 18.4. The lowest BCUT2D eigenvalue weighted by atomic mass is 9.70. The first-order chi connectivity index (χ1) is 12.7. The summed E-state index contributed by atoms with van der Waals surface area (Å²) in [5.74, 6) is 3.96. The van der Waals surface area contributed by atoms with E-state index in [1.807, 2.05) is 6.20 Å². The Kier molecular flexibility index (Phi) is 7.40. The minimum Gasteiger partial charge on any atom is -0.489 e. The molecule has 146 valence electrons. The fourth-order valence-corrected chi connectivity index (χ4v) is 5.19. The number of unbranched alkanes of at least 4 members (excludes halogenated alkanes) is 1. The molecule has 2 fully saturated rings. The van der Waals surface area contributed by atoms with Gasteiger partial charge >= 0.3 is 0 Å². The lowest BCUT2D eigenvalue weighted by Gasteiger charge is -2.37. The molecule has 26 heavy (non-hydrogen) atoms. The third-order valence-corrected chi connectivity index (χ3v) is 7.09. The maximum Gasteiger partial charge on any atom is 0.138 e. The van der Waals surface area contributed by atoms with Crippen molar-refractivity contribution in [2.24, 2.45) is 17.8 Å². The van der Waals surface area contributed by atoms with Crippen LogP contribution < -0.4 is 4.74 Å². The standard InChI is InChI=1S/C24H39NO/c1-4-6-7-24-18(3)16-23(17-25-24)26-22-14-12-21(13-15-22)20-10-8-19(5-2)9-11-20/h16-17,19-22H,4-15H2,1-3H3/t19-,20-,21-,22-. The molecule has 0 spiro atoms. The van der Waals surface area contributed by atoms with Gasteiger partial charge in [0, 0.05) is 5.69 Å². The highest BCUT2D eigenvalue weighted by molar-refractivity contribution is 5.28. The first-order valence-electron chi connectivity index (χ1n) is 11.3. The van der Waals surface area contributed by atoms with Gasteiger partial charge in [-0.15, -0.1) is 0 Å². The number of hydrogen-bond acceptors (Lipinski definition) is 2. The van der Waals surface area contributed by atoms with Crippen molar-refractivity contribution in [1.82, 2.24) is 4.98 Å². The maximum atomic E-state index is 6.30. The Balaban J connectivity index is 1.44. The summed E-state index contributed by atoms with van der Waals surface area (Å²) in [5.41, 5.74) is 2.53. The minimum absolute atomic E-state index is 0.404. The van der Waals surface area contributed by atoms with Crippen LogP contribution in [-0.4, -0.2) is 11.1 Å². The predicted octanol–water partition coefficient (Wildman–Crippen LogP) is 6.89. The molecule has 2 saturated carbocycles. The zero-order valence-corrected chi connectivity index (χ0v) is 17.3. The van der Waals surface area contributed by atoms with Crippen molar-refractivity contribution in [3.8, 4) is 5.75 Å². The van der Waals surface area contributed by atoms with Crippen molar-refractivity contribution < 1.29 is 4.74 Å². The highest BCUT2D eigenvalue weighted by Crippen LogP contribution is 2.41. The lowest BCUT2D eigenvalue weighted by molar-refractivity contribution is 0.0917. The van der Waals surface area contributed by atoms with Crippen molar-refractivity contribution >= 4 is 0 Å². The summed E-state index contributed by atoms with van der Waals surface area (Å²) >= 11 is 0. The van der Waals surface area contributed by atoms with Gasteiger partial charge in [0.1, 0.15) is 5.75 Å². The van der Waals surface area contributed by atoms with E-state index in [4.69, 9.17) is 4.74 Å². The first kappa shape index (κ1) is 19.7. The fourth-order valence-electron chi connectivity index (χ4n) is 5.19. The first-order valence-corrected chi connectivity index (χ1v) is 11.3. The third-order valence-electron chi connectivity index (χ3n) is 7.09. The Morgan fingerprint density at radius 3 is 2.19 bits per heavy atom. The maximum absolute atomic E-state index is 6.30. The van der Waals surface area contributed by atoms with Crippen LogP contribution in [0.2, 0.25) is 0 Å². The van der Waals surface area contributed by atoms with Gasteiger partial charge in [0.05, 0.1) is 12.3 Å². The average Bonchev–Trinajstić information content (AvgIpc) is 2.68. The molecule has 3 rings (SSSR count). The number of hydrogen-bond donors (Lipinski definition) is 0. The van der Waals surface area contributed by atoms with E-state index in [1.165, 1.54) is 81.9 Å². The molecular weight excluding hydrogens is 318 g/mol. The number of aromatic nitrogens is 1. The topological polar surface area (TPSA) is 22.1 Å². The highest BCUT2D eigenvalue weighted by Gasteiger charge is 2.31. The van der Waals surface area contributed by atoms with Gasteiger partial charge in [-0.1, -0.05) is 39.5 Å². The largest absolute Gasteiger partial charge is 0.489 e. The van der Waals surface area contributed by atoms with Crippen molar-refractivity contribution in [1.29, 1.82) is 0 Å². The Morgan fingerprint density at radius 2 is 1.62 bits per heavy atom. The van der Waals surface area contributed by atoms with Gasteiger partial charge in [0.15, 0.2) is 0 Å². The van der Waals surface area contributed by atoms with Crippen LogP contribution in [0.15, 0.2) is 12.3 Å². The van der Waals surface area contributed by atoms with E-state index in [9.17, 15) is 0 Å². The second kappa shape index (κ2) is 9.76.